The van der Waals surface area contributed by atoms with Gasteiger partial charge < -0.3 is 10.2 Å². The Labute approximate surface area is 120 Å². The summed E-state index contributed by atoms with van der Waals surface area (Å²) in [5, 5.41) is 20.0. The van der Waals surface area contributed by atoms with Crippen LogP contribution in [0, 0.1) is 17.3 Å². The van der Waals surface area contributed by atoms with Crippen LogP contribution < -0.4 is 0 Å². The number of allylic oxidation sites excluding steroid dienone is 1. The third-order valence-electron chi connectivity index (χ3n) is 6.14. The van der Waals surface area contributed by atoms with Crippen LogP contribution in [-0.2, 0) is 6.42 Å². The molecular weight excluding hydrogens is 248 g/mol. The van der Waals surface area contributed by atoms with Gasteiger partial charge in [-0.3, -0.25) is 0 Å². The molecule has 5 atom stereocenters. The highest BCUT2D eigenvalue weighted by atomic mass is 16.3. The Morgan fingerprint density at radius 2 is 2.05 bits per heavy atom. The second kappa shape index (κ2) is 4.11. The molecule has 0 aromatic heterocycles. The van der Waals surface area contributed by atoms with Crippen molar-refractivity contribution in [3.05, 3.63) is 41.5 Å². The fraction of sp³-hybridized carbons (Fsp3) is 0.556. The van der Waals surface area contributed by atoms with Gasteiger partial charge in [-0.25, -0.2) is 0 Å². The Balaban J connectivity index is 1.78. The van der Waals surface area contributed by atoms with E-state index in [0.717, 1.165) is 19.3 Å². The molecule has 20 heavy (non-hydrogen) atoms. The van der Waals surface area contributed by atoms with Gasteiger partial charge >= 0.3 is 0 Å². The zero-order chi connectivity index (χ0) is 13.9. The van der Waals surface area contributed by atoms with Crippen molar-refractivity contribution in [2.75, 3.05) is 0 Å². The first-order valence-corrected chi connectivity index (χ1v) is 7.79. The molecule has 1 aromatic carbocycles. The highest BCUT2D eigenvalue weighted by Gasteiger charge is 2.52. The van der Waals surface area contributed by atoms with E-state index in [1.165, 1.54) is 17.5 Å². The summed E-state index contributed by atoms with van der Waals surface area (Å²) in [4.78, 5) is 0. The summed E-state index contributed by atoms with van der Waals surface area (Å²) >= 11 is 0. The number of hydrogen-bond donors (Lipinski definition) is 2. The number of benzene rings is 1. The molecule has 1 fully saturated rings. The molecule has 3 aliphatic rings. The molecule has 0 bridgehead atoms. The highest BCUT2D eigenvalue weighted by Crippen LogP contribution is 2.57. The number of phenolic OH excluding ortho intramolecular Hbond substituents is 1. The summed E-state index contributed by atoms with van der Waals surface area (Å²) in [6.45, 7) is 2.23. The van der Waals surface area contributed by atoms with Gasteiger partial charge in [0.25, 0.3) is 0 Å². The summed E-state index contributed by atoms with van der Waals surface area (Å²) < 4.78 is 0. The topological polar surface area (TPSA) is 40.5 Å². The molecule has 4 rings (SSSR count). The van der Waals surface area contributed by atoms with Gasteiger partial charge in [0.05, 0.1) is 6.10 Å². The van der Waals surface area contributed by atoms with Gasteiger partial charge in [-0.2, -0.15) is 0 Å². The van der Waals surface area contributed by atoms with Gasteiger partial charge in [-0.1, -0.05) is 25.1 Å². The molecule has 0 spiro atoms. The lowest BCUT2D eigenvalue weighted by molar-refractivity contribution is 0.0453. The van der Waals surface area contributed by atoms with E-state index in [1.807, 2.05) is 12.1 Å². The number of aliphatic hydroxyl groups excluding tert-OH is 1. The fourth-order valence-corrected chi connectivity index (χ4v) is 4.99. The second-order valence-electron chi connectivity index (χ2n) is 7.04. The zero-order valence-electron chi connectivity index (χ0n) is 11.9. The Kier molecular flexibility index (Phi) is 2.56. The maximum atomic E-state index is 10.3. The molecule has 1 saturated carbocycles. The van der Waals surface area contributed by atoms with Gasteiger partial charge in [-0.05, 0) is 60.8 Å². The van der Waals surface area contributed by atoms with E-state index in [9.17, 15) is 10.2 Å². The standard InChI is InChI=1S/C18H22O2/c1-18-9-8-14-13-5-3-12(19)10-11(13)2-4-15(14)16(18)6-7-17(18)20/h3,5,8-10,14-17,19-20H,2,4,6-7H2,1H3. The van der Waals surface area contributed by atoms with E-state index >= 15 is 0 Å². The number of fused-ring (bicyclic) bond motifs is 5. The van der Waals surface area contributed by atoms with Crippen molar-refractivity contribution in [2.24, 2.45) is 17.3 Å². The lowest BCUT2D eigenvalue weighted by Gasteiger charge is -2.46. The number of aromatic hydroxyl groups is 1. The first-order valence-electron chi connectivity index (χ1n) is 7.79. The van der Waals surface area contributed by atoms with Crippen molar-refractivity contribution in [3.8, 4) is 5.75 Å². The number of phenols is 1. The molecule has 1 aromatic rings. The van der Waals surface area contributed by atoms with Crippen molar-refractivity contribution >= 4 is 0 Å². The van der Waals surface area contributed by atoms with Gasteiger partial charge in [0.15, 0.2) is 0 Å². The van der Waals surface area contributed by atoms with Gasteiger partial charge in [0, 0.05) is 11.3 Å². The average molecular weight is 270 g/mol. The summed E-state index contributed by atoms with van der Waals surface area (Å²) in [6, 6.07) is 5.84. The van der Waals surface area contributed by atoms with Crippen molar-refractivity contribution < 1.29 is 10.2 Å². The van der Waals surface area contributed by atoms with E-state index in [-0.39, 0.29) is 11.5 Å². The lowest BCUT2D eigenvalue weighted by atomic mass is 9.59. The van der Waals surface area contributed by atoms with Crippen LogP contribution in [0.5, 0.6) is 5.75 Å². The Bertz CT molecular complexity index is 577. The first kappa shape index (κ1) is 12.5. The normalized spacial score (nSPS) is 41.9. The Morgan fingerprint density at radius 1 is 1.20 bits per heavy atom. The summed E-state index contributed by atoms with van der Waals surface area (Å²) in [5.41, 5.74) is 2.67. The van der Waals surface area contributed by atoms with E-state index in [0.29, 0.717) is 23.5 Å². The van der Waals surface area contributed by atoms with Crippen LogP contribution >= 0.6 is 0 Å². The zero-order valence-corrected chi connectivity index (χ0v) is 11.9. The summed E-state index contributed by atoms with van der Waals surface area (Å²) in [5.74, 6) is 2.11. The number of hydrogen-bond acceptors (Lipinski definition) is 2. The third kappa shape index (κ3) is 1.54. The van der Waals surface area contributed by atoms with Crippen LogP contribution in [-0.4, -0.2) is 16.3 Å². The number of aliphatic hydroxyl groups is 1. The van der Waals surface area contributed by atoms with Crippen molar-refractivity contribution in [2.45, 2.75) is 44.6 Å². The number of rotatable bonds is 0. The maximum absolute atomic E-state index is 10.3. The minimum absolute atomic E-state index is 0.0183. The molecule has 106 valence electrons. The molecule has 3 aliphatic carbocycles. The monoisotopic (exact) mass is 270 g/mol. The molecule has 2 nitrogen and oxygen atoms in total. The largest absolute Gasteiger partial charge is 0.508 e. The highest BCUT2D eigenvalue weighted by molar-refractivity contribution is 5.42. The summed E-state index contributed by atoms with van der Waals surface area (Å²) in [6.07, 6.45) is 8.75. The Morgan fingerprint density at radius 3 is 2.90 bits per heavy atom. The smallest absolute Gasteiger partial charge is 0.115 e. The molecular formula is C18H22O2. The van der Waals surface area contributed by atoms with Crippen molar-refractivity contribution in [3.63, 3.8) is 0 Å². The Hall–Kier alpha value is -1.28. The fourth-order valence-electron chi connectivity index (χ4n) is 4.99. The van der Waals surface area contributed by atoms with Crippen LogP contribution in [0.4, 0.5) is 0 Å². The van der Waals surface area contributed by atoms with E-state index < -0.39 is 0 Å². The maximum Gasteiger partial charge on any atom is 0.115 e. The predicted octanol–water partition coefficient (Wildman–Crippen LogP) is 3.39. The van der Waals surface area contributed by atoms with Crippen LogP contribution in [0.1, 0.15) is 43.2 Å². The molecule has 2 heteroatoms. The third-order valence-corrected chi connectivity index (χ3v) is 6.14. The molecule has 0 saturated heterocycles. The van der Waals surface area contributed by atoms with Gasteiger partial charge in [0.2, 0.25) is 0 Å². The van der Waals surface area contributed by atoms with Crippen LogP contribution in [0.15, 0.2) is 30.4 Å². The van der Waals surface area contributed by atoms with Crippen LogP contribution in [0.2, 0.25) is 0 Å². The lowest BCUT2D eigenvalue weighted by Crippen LogP contribution is -2.40. The second-order valence-corrected chi connectivity index (χ2v) is 7.04. The molecule has 0 aliphatic heterocycles. The quantitative estimate of drug-likeness (QED) is 0.709. The van der Waals surface area contributed by atoms with Crippen LogP contribution in [0.25, 0.3) is 0 Å². The van der Waals surface area contributed by atoms with Gasteiger partial charge in [-0.15, -0.1) is 0 Å². The predicted molar refractivity (Wildman–Crippen MR) is 78.6 cm³/mol. The van der Waals surface area contributed by atoms with Crippen molar-refractivity contribution in [1.29, 1.82) is 0 Å². The minimum atomic E-state index is -0.175. The molecule has 2 N–H and O–H groups in total. The number of aryl methyl sites for hydroxylation is 1. The summed E-state index contributed by atoms with van der Waals surface area (Å²) in [7, 11) is 0. The molecule has 0 heterocycles. The van der Waals surface area contributed by atoms with Gasteiger partial charge in [0.1, 0.15) is 5.75 Å². The minimum Gasteiger partial charge on any atom is -0.508 e. The molecule has 5 unspecified atom stereocenters. The van der Waals surface area contributed by atoms with Crippen molar-refractivity contribution in [1.82, 2.24) is 0 Å². The first-order chi connectivity index (χ1) is 9.59. The van der Waals surface area contributed by atoms with Crippen LogP contribution in [0.3, 0.4) is 0 Å². The molecule has 0 amide bonds. The molecule has 0 radical (unpaired) electrons. The van der Waals surface area contributed by atoms with E-state index in [4.69, 9.17) is 0 Å². The van der Waals surface area contributed by atoms with E-state index in [1.54, 1.807) is 0 Å². The SMILES string of the molecule is CC12C=CC3c4ccc(O)cc4CCC3C1CCC2O. The average Bonchev–Trinajstić information content (AvgIpc) is 2.74. The van der Waals surface area contributed by atoms with E-state index in [2.05, 4.69) is 25.1 Å².